The molecule has 0 spiro atoms. The van der Waals surface area contributed by atoms with Crippen molar-refractivity contribution in [2.75, 3.05) is 37.7 Å². The molecule has 2 aromatic rings. The van der Waals surface area contributed by atoms with Gasteiger partial charge >= 0.3 is 0 Å². The lowest BCUT2D eigenvalue weighted by atomic mass is 10.1. The number of hydrogen-bond donors (Lipinski definition) is 1. The lowest BCUT2D eigenvalue weighted by Crippen LogP contribution is -2.50. The molecule has 3 fully saturated rings. The lowest BCUT2D eigenvalue weighted by molar-refractivity contribution is 0.0682. The maximum atomic E-state index is 5.88. The van der Waals surface area contributed by atoms with Crippen molar-refractivity contribution in [1.29, 1.82) is 0 Å². The number of piperazine rings is 1. The average Bonchev–Trinajstić information content (AvgIpc) is 3.76. The fraction of sp³-hybridized carbons (Fsp3) is 0.577. The largest absolute Gasteiger partial charge is 0.371 e. The number of nitrogens with one attached hydrogen (secondary N) is 1. The third-order valence-corrected chi connectivity index (χ3v) is 7.33. The minimum absolute atomic E-state index is 0.0862. The number of nitrogens with zero attached hydrogens (tertiary/aromatic N) is 5. The Morgan fingerprint density at radius 2 is 2.03 bits per heavy atom. The first-order valence-corrected chi connectivity index (χ1v) is 12.4. The van der Waals surface area contributed by atoms with Crippen LogP contribution in [0.4, 0.5) is 5.82 Å². The van der Waals surface area contributed by atoms with Gasteiger partial charge in [-0.25, -0.2) is 9.97 Å². The van der Waals surface area contributed by atoms with E-state index in [0.717, 1.165) is 73.4 Å². The van der Waals surface area contributed by atoms with Crippen molar-refractivity contribution in [1.82, 2.24) is 25.1 Å². The van der Waals surface area contributed by atoms with Gasteiger partial charge in [0.15, 0.2) is 0 Å². The molecular formula is C26H36N6O. The highest BCUT2D eigenvalue weighted by atomic mass is 16.5. The first kappa shape index (κ1) is 22.3. The highest BCUT2D eigenvalue weighted by Gasteiger charge is 2.38. The third kappa shape index (κ3) is 5.36. The summed E-state index contributed by atoms with van der Waals surface area (Å²) in [5.74, 6) is 1.94. The van der Waals surface area contributed by atoms with Crippen LogP contribution >= 0.6 is 0 Å². The van der Waals surface area contributed by atoms with Crippen molar-refractivity contribution in [2.24, 2.45) is 5.92 Å². The third-order valence-electron chi connectivity index (χ3n) is 7.33. The van der Waals surface area contributed by atoms with Gasteiger partial charge < -0.3 is 9.64 Å². The van der Waals surface area contributed by atoms with Crippen LogP contribution in [0.3, 0.4) is 0 Å². The lowest BCUT2D eigenvalue weighted by Gasteiger charge is -2.38. The summed E-state index contributed by atoms with van der Waals surface area (Å²) in [6.45, 7) is 13.3. The van der Waals surface area contributed by atoms with E-state index in [4.69, 9.17) is 4.74 Å². The molecule has 3 heterocycles. The summed E-state index contributed by atoms with van der Waals surface area (Å²) >= 11 is 0. The summed E-state index contributed by atoms with van der Waals surface area (Å²) in [7, 11) is 0. The van der Waals surface area contributed by atoms with Crippen LogP contribution in [0.2, 0.25) is 0 Å². The van der Waals surface area contributed by atoms with Crippen LogP contribution in [0.1, 0.15) is 57.2 Å². The van der Waals surface area contributed by atoms with E-state index in [2.05, 4.69) is 56.5 Å². The first-order chi connectivity index (χ1) is 16.0. The Bertz CT molecular complexity index is 998. The molecular weight excluding hydrogens is 412 g/mol. The van der Waals surface area contributed by atoms with Crippen molar-refractivity contribution in [3.8, 4) is 11.4 Å². The molecule has 1 aliphatic heterocycles. The molecule has 5 rings (SSSR count). The fourth-order valence-corrected chi connectivity index (χ4v) is 4.65. The Labute approximate surface area is 196 Å². The fourth-order valence-electron chi connectivity index (χ4n) is 4.65. The van der Waals surface area contributed by atoms with Crippen molar-refractivity contribution in [2.45, 2.75) is 57.6 Å². The number of hydrogen-bond acceptors (Lipinski definition) is 6. The second-order valence-corrected chi connectivity index (χ2v) is 10.1. The predicted octanol–water partition coefficient (Wildman–Crippen LogP) is 4.40. The van der Waals surface area contributed by atoms with Gasteiger partial charge in [0, 0.05) is 43.9 Å². The van der Waals surface area contributed by atoms with Crippen molar-refractivity contribution in [3.05, 3.63) is 36.3 Å². The van der Waals surface area contributed by atoms with Crippen LogP contribution < -0.4 is 4.90 Å². The molecule has 1 N–H and O–H groups in total. The zero-order valence-electron chi connectivity index (χ0n) is 20.0. The first-order valence-electron chi connectivity index (χ1n) is 12.4. The molecule has 176 valence electrons. The van der Waals surface area contributed by atoms with E-state index in [1.807, 2.05) is 18.2 Å². The molecule has 1 saturated heterocycles. The van der Waals surface area contributed by atoms with Crippen LogP contribution in [0.15, 0.2) is 25.0 Å². The Balaban J connectivity index is 1.24. The Hall–Kier alpha value is -2.51. The SMILES string of the molecule is C=Cc1c(-c2cc(N3CCN(C(C)CC4CC4)CC3)ncn2)n[nH]c1/C=C\COC1(C)CC1. The van der Waals surface area contributed by atoms with Gasteiger partial charge in [0.05, 0.1) is 23.6 Å². The molecule has 0 amide bonds. The number of H-pyrrole nitrogens is 1. The van der Waals surface area contributed by atoms with E-state index in [1.54, 1.807) is 6.33 Å². The van der Waals surface area contributed by atoms with E-state index in [1.165, 1.54) is 19.3 Å². The summed E-state index contributed by atoms with van der Waals surface area (Å²) in [5, 5.41) is 7.68. The predicted molar refractivity (Wildman–Crippen MR) is 133 cm³/mol. The summed E-state index contributed by atoms with van der Waals surface area (Å²) in [4.78, 5) is 14.1. The molecule has 2 aliphatic carbocycles. The smallest absolute Gasteiger partial charge is 0.132 e. The molecule has 2 saturated carbocycles. The summed E-state index contributed by atoms with van der Waals surface area (Å²) in [6.07, 6.45) is 14.0. The van der Waals surface area contributed by atoms with Gasteiger partial charge in [-0.15, -0.1) is 0 Å². The number of aromatic amines is 1. The van der Waals surface area contributed by atoms with Gasteiger partial charge in [-0.1, -0.05) is 31.6 Å². The number of rotatable bonds is 10. The highest BCUT2D eigenvalue weighted by molar-refractivity contribution is 5.76. The number of ether oxygens (including phenoxy) is 1. The van der Waals surface area contributed by atoms with E-state index < -0.39 is 0 Å². The van der Waals surface area contributed by atoms with Gasteiger partial charge in [-0.2, -0.15) is 5.10 Å². The second-order valence-electron chi connectivity index (χ2n) is 10.1. The second kappa shape index (κ2) is 9.39. The molecule has 1 unspecified atom stereocenters. The van der Waals surface area contributed by atoms with Crippen LogP contribution in [0, 0.1) is 5.92 Å². The normalized spacial score (nSPS) is 21.5. The molecule has 1 atom stereocenters. The van der Waals surface area contributed by atoms with Gasteiger partial charge in [0.1, 0.15) is 17.8 Å². The summed E-state index contributed by atoms with van der Waals surface area (Å²) in [6, 6.07) is 2.74. The molecule has 0 radical (unpaired) electrons. The molecule has 2 aromatic heterocycles. The molecule has 0 aromatic carbocycles. The van der Waals surface area contributed by atoms with E-state index in [9.17, 15) is 0 Å². The van der Waals surface area contributed by atoms with Gasteiger partial charge in [0.2, 0.25) is 0 Å². The van der Waals surface area contributed by atoms with Crippen molar-refractivity contribution in [3.63, 3.8) is 0 Å². The highest BCUT2D eigenvalue weighted by Crippen LogP contribution is 2.38. The maximum Gasteiger partial charge on any atom is 0.132 e. The topological polar surface area (TPSA) is 70.2 Å². The quantitative estimate of drug-likeness (QED) is 0.581. The van der Waals surface area contributed by atoms with Gasteiger partial charge in [0.25, 0.3) is 0 Å². The van der Waals surface area contributed by atoms with E-state index >= 15 is 0 Å². The Morgan fingerprint density at radius 1 is 1.24 bits per heavy atom. The molecule has 0 bridgehead atoms. The monoisotopic (exact) mass is 448 g/mol. The molecule has 7 heteroatoms. The minimum atomic E-state index is 0.0862. The van der Waals surface area contributed by atoms with Crippen LogP contribution in [0.5, 0.6) is 0 Å². The van der Waals surface area contributed by atoms with E-state index in [0.29, 0.717) is 12.6 Å². The average molecular weight is 449 g/mol. The van der Waals surface area contributed by atoms with E-state index in [-0.39, 0.29) is 5.60 Å². The molecule has 33 heavy (non-hydrogen) atoms. The number of anilines is 1. The van der Waals surface area contributed by atoms with Crippen molar-refractivity contribution >= 4 is 18.0 Å². The van der Waals surface area contributed by atoms with Crippen LogP contribution in [-0.2, 0) is 4.74 Å². The Kier molecular flexibility index (Phi) is 6.34. The van der Waals surface area contributed by atoms with Crippen LogP contribution in [-0.4, -0.2) is 69.5 Å². The zero-order valence-corrected chi connectivity index (χ0v) is 20.0. The van der Waals surface area contributed by atoms with Gasteiger partial charge in [-0.3, -0.25) is 10.00 Å². The Morgan fingerprint density at radius 3 is 2.73 bits per heavy atom. The molecule has 7 nitrogen and oxygen atoms in total. The van der Waals surface area contributed by atoms with Crippen molar-refractivity contribution < 1.29 is 4.74 Å². The number of aromatic nitrogens is 4. The summed E-state index contributed by atoms with van der Waals surface area (Å²) < 4.78 is 5.88. The summed E-state index contributed by atoms with van der Waals surface area (Å²) in [5.41, 5.74) is 3.58. The van der Waals surface area contributed by atoms with Crippen LogP contribution in [0.25, 0.3) is 23.5 Å². The maximum absolute atomic E-state index is 5.88. The standard InChI is InChI=1S/C26H36N6O/c1-4-21-22(6-5-15-33-26(3)9-10-26)29-30-25(21)23-17-24(28-18-27-23)32-13-11-31(12-14-32)19(2)16-20-7-8-20/h4-6,17-20H,1,7-16H2,2-3H3,(H,29,30)/b6-5-. The van der Waals surface area contributed by atoms with Gasteiger partial charge in [-0.05, 0) is 45.1 Å². The molecule has 3 aliphatic rings. The minimum Gasteiger partial charge on any atom is -0.371 e. The zero-order chi connectivity index (χ0) is 22.8.